The van der Waals surface area contributed by atoms with Crippen LogP contribution in [0.4, 0.5) is 0 Å². The number of ether oxygens (including phenoxy) is 1. The van der Waals surface area contributed by atoms with E-state index in [2.05, 4.69) is 27.3 Å². The van der Waals surface area contributed by atoms with E-state index in [1.807, 2.05) is 35.2 Å². The molecule has 2 aromatic heterocycles. The van der Waals surface area contributed by atoms with Gasteiger partial charge in [-0.3, -0.25) is 14.9 Å². The van der Waals surface area contributed by atoms with Gasteiger partial charge in [-0.2, -0.15) is 5.10 Å². The summed E-state index contributed by atoms with van der Waals surface area (Å²) in [5.74, 6) is 0.975. The molecule has 27 heavy (non-hydrogen) atoms. The van der Waals surface area contributed by atoms with Crippen LogP contribution in [0.15, 0.2) is 54.9 Å². The minimum atomic E-state index is 0.256. The Bertz CT molecular complexity index is 887. The van der Waals surface area contributed by atoms with Gasteiger partial charge in [0, 0.05) is 25.7 Å². The van der Waals surface area contributed by atoms with E-state index in [1.165, 1.54) is 0 Å². The van der Waals surface area contributed by atoms with Gasteiger partial charge in [0.1, 0.15) is 12.4 Å². The number of aryl methyl sites for hydroxylation is 1. The van der Waals surface area contributed by atoms with Crippen molar-refractivity contribution >= 4 is 5.91 Å². The molecule has 1 aliphatic heterocycles. The fourth-order valence-electron chi connectivity index (χ4n) is 3.04. The topological polar surface area (TPSA) is 71.1 Å². The van der Waals surface area contributed by atoms with Gasteiger partial charge in [-0.15, -0.1) is 0 Å². The number of rotatable bonds is 7. The van der Waals surface area contributed by atoms with Crippen LogP contribution in [0.2, 0.25) is 0 Å². The summed E-state index contributed by atoms with van der Waals surface area (Å²) in [6.45, 7) is 2.30. The maximum atomic E-state index is 12.0. The maximum absolute atomic E-state index is 12.0. The molecule has 1 aromatic carbocycles. The van der Waals surface area contributed by atoms with E-state index in [-0.39, 0.29) is 5.91 Å². The molecule has 138 valence electrons. The minimum absolute atomic E-state index is 0.256. The molecular formula is C21H22N4O2. The van der Waals surface area contributed by atoms with Crippen LogP contribution in [-0.2, 0) is 17.8 Å². The van der Waals surface area contributed by atoms with E-state index in [0.717, 1.165) is 54.2 Å². The number of pyridine rings is 1. The van der Waals surface area contributed by atoms with E-state index >= 15 is 0 Å². The van der Waals surface area contributed by atoms with Crippen molar-refractivity contribution in [2.24, 2.45) is 0 Å². The largest absolute Gasteiger partial charge is 0.487 e. The van der Waals surface area contributed by atoms with Gasteiger partial charge in [0.15, 0.2) is 0 Å². The summed E-state index contributed by atoms with van der Waals surface area (Å²) >= 11 is 0. The van der Waals surface area contributed by atoms with Crippen molar-refractivity contribution in [3.05, 3.63) is 66.0 Å². The molecule has 6 heteroatoms. The van der Waals surface area contributed by atoms with Crippen LogP contribution in [-0.4, -0.2) is 39.1 Å². The first-order valence-corrected chi connectivity index (χ1v) is 9.22. The zero-order valence-corrected chi connectivity index (χ0v) is 15.1. The molecule has 1 N–H and O–H groups in total. The average Bonchev–Trinajstić information content (AvgIpc) is 3.19. The van der Waals surface area contributed by atoms with Gasteiger partial charge in [0.05, 0.1) is 17.6 Å². The molecule has 0 aliphatic carbocycles. The number of hydrogen-bond acceptors (Lipinski definition) is 4. The third kappa shape index (κ3) is 4.34. The number of hydrogen-bond donors (Lipinski definition) is 1. The molecule has 0 saturated carbocycles. The number of benzene rings is 1. The minimum Gasteiger partial charge on any atom is -0.487 e. The second kappa shape index (κ2) is 8.03. The molecule has 1 amide bonds. The number of nitrogens with zero attached hydrogens (tertiary/aromatic N) is 3. The van der Waals surface area contributed by atoms with E-state index in [9.17, 15) is 4.79 Å². The van der Waals surface area contributed by atoms with Crippen molar-refractivity contribution in [3.8, 4) is 17.1 Å². The van der Waals surface area contributed by atoms with Gasteiger partial charge in [-0.1, -0.05) is 24.3 Å². The zero-order valence-electron chi connectivity index (χ0n) is 15.1. The Labute approximate surface area is 158 Å². The highest BCUT2D eigenvalue weighted by Crippen LogP contribution is 2.18. The lowest BCUT2D eigenvalue weighted by atomic mass is 10.1. The predicted molar refractivity (Wildman–Crippen MR) is 102 cm³/mol. The third-order valence-electron chi connectivity index (χ3n) is 4.75. The van der Waals surface area contributed by atoms with Crippen LogP contribution < -0.4 is 4.74 Å². The molecule has 6 nitrogen and oxygen atoms in total. The maximum Gasteiger partial charge on any atom is 0.222 e. The van der Waals surface area contributed by atoms with Crippen LogP contribution in [0.1, 0.15) is 24.0 Å². The lowest BCUT2D eigenvalue weighted by molar-refractivity contribution is -0.134. The number of aromatic nitrogens is 3. The molecular weight excluding hydrogens is 340 g/mol. The first-order valence-electron chi connectivity index (χ1n) is 9.22. The number of carbonyl (C=O) groups is 1. The summed E-state index contributed by atoms with van der Waals surface area (Å²) in [6.07, 6.45) is 5.89. The van der Waals surface area contributed by atoms with Crippen LogP contribution in [0.3, 0.4) is 0 Å². The smallest absolute Gasteiger partial charge is 0.222 e. The van der Waals surface area contributed by atoms with E-state index in [1.54, 1.807) is 12.4 Å². The molecule has 0 unspecified atom stereocenters. The highest BCUT2D eigenvalue weighted by atomic mass is 16.5. The normalized spacial score (nSPS) is 13.3. The Morgan fingerprint density at radius 3 is 2.74 bits per heavy atom. The predicted octanol–water partition coefficient (Wildman–Crippen LogP) is 3.22. The summed E-state index contributed by atoms with van der Waals surface area (Å²) in [6, 6.07) is 13.9. The Balaban J connectivity index is 1.31. The van der Waals surface area contributed by atoms with Crippen molar-refractivity contribution in [1.82, 2.24) is 20.1 Å². The molecule has 1 aliphatic rings. The van der Waals surface area contributed by atoms with Crippen molar-refractivity contribution in [3.63, 3.8) is 0 Å². The van der Waals surface area contributed by atoms with E-state index < -0.39 is 0 Å². The molecule has 4 rings (SSSR count). The summed E-state index contributed by atoms with van der Waals surface area (Å²) in [7, 11) is 0. The fraction of sp³-hybridized carbons (Fsp3) is 0.286. The Morgan fingerprint density at radius 1 is 1.15 bits per heavy atom. The molecule has 1 fully saturated rings. The van der Waals surface area contributed by atoms with Gasteiger partial charge >= 0.3 is 0 Å². The van der Waals surface area contributed by atoms with Gasteiger partial charge < -0.3 is 9.64 Å². The molecule has 3 heterocycles. The SMILES string of the molecule is O=C(CCc1cccc(COc2ccc(-c3ccn[nH]3)nc2)c1)N1CCC1. The van der Waals surface area contributed by atoms with Crippen molar-refractivity contribution in [2.75, 3.05) is 13.1 Å². The highest BCUT2D eigenvalue weighted by molar-refractivity contribution is 5.77. The standard InChI is InChI=1S/C21H22N4O2/c26-21(25-11-2-12-25)8-5-16-3-1-4-17(13-16)15-27-18-6-7-19(22-14-18)20-9-10-23-24-20/h1,3-4,6-7,9-10,13-14H,2,5,8,11-12,15H2,(H,23,24). The zero-order chi connectivity index (χ0) is 18.5. The van der Waals surface area contributed by atoms with Gasteiger partial charge in [-0.25, -0.2) is 0 Å². The van der Waals surface area contributed by atoms with Gasteiger partial charge in [-0.05, 0) is 42.2 Å². The fourth-order valence-corrected chi connectivity index (χ4v) is 3.04. The quantitative estimate of drug-likeness (QED) is 0.701. The summed E-state index contributed by atoms with van der Waals surface area (Å²) in [4.78, 5) is 18.3. The molecule has 0 atom stereocenters. The van der Waals surface area contributed by atoms with Crippen molar-refractivity contribution < 1.29 is 9.53 Å². The second-order valence-corrected chi connectivity index (χ2v) is 6.69. The summed E-state index contributed by atoms with van der Waals surface area (Å²) in [5, 5.41) is 6.82. The van der Waals surface area contributed by atoms with Crippen LogP contribution in [0, 0.1) is 0 Å². The first kappa shape index (κ1) is 17.3. The lowest BCUT2D eigenvalue weighted by Crippen LogP contribution is -2.42. The van der Waals surface area contributed by atoms with Crippen LogP contribution >= 0.6 is 0 Å². The van der Waals surface area contributed by atoms with Crippen molar-refractivity contribution in [1.29, 1.82) is 0 Å². The highest BCUT2D eigenvalue weighted by Gasteiger charge is 2.19. The van der Waals surface area contributed by atoms with E-state index in [0.29, 0.717) is 13.0 Å². The Morgan fingerprint density at radius 2 is 2.04 bits per heavy atom. The summed E-state index contributed by atoms with van der Waals surface area (Å²) in [5.41, 5.74) is 3.95. The Kier molecular flexibility index (Phi) is 5.14. The number of H-pyrrole nitrogens is 1. The molecule has 1 saturated heterocycles. The second-order valence-electron chi connectivity index (χ2n) is 6.69. The molecule has 0 bridgehead atoms. The molecule has 0 radical (unpaired) electrons. The molecule has 0 spiro atoms. The number of nitrogens with one attached hydrogen (secondary N) is 1. The first-order chi connectivity index (χ1) is 13.3. The van der Waals surface area contributed by atoms with Gasteiger partial charge in [0.2, 0.25) is 5.91 Å². The number of likely N-dealkylation sites (tertiary alicyclic amines) is 1. The van der Waals surface area contributed by atoms with Crippen LogP contribution in [0.5, 0.6) is 5.75 Å². The van der Waals surface area contributed by atoms with Crippen LogP contribution in [0.25, 0.3) is 11.4 Å². The number of amides is 1. The molecule has 3 aromatic rings. The lowest BCUT2D eigenvalue weighted by Gasteiger charge is -2.30. The average molecular weight is 362 g/mol. The van der Waals surface area contributed by atoms with Crippen molar-refractivity contribution in [2.45, 2.75) is 25.9 Å². The van der Waals surface area contributed by atoms with E-state index in [4.69, 9.17) is 4.74 Å². The Hall–Kier alpha value is -3.15. The number of aromatic amines is 1. The van der Waals surface area contributed by atoms with Gasteiger partial charge in [0.25, 0.3) is 0 Å². The monoisotopic (exact) mass is 362 g/mol. The summed E-state index contributed by atoms with van der Waals surface area (Å²) < 4.78 is 5.85. The number of carbonyl (C=O) groups excluding carboxylic acids is 1. The third-order valence-corrected chi connectivity index (χ3v) is 4.75.